The number of benzene rings is 1. The zero-order valence-corrected chi connectivity index (χ0v) is 15.1. The first-order valence-corrected chi connectivity index (χ1v) is 8.38. The maximum absolute atomic E-state index is 6.28. The van der Waals surface area contributed by atoms with Gasteiger partial charge in [0.15, 0.2) is 5.65 Å². The van der Waals surface area contributed by atoms with E-state index in [1.807, 2.05) is 35.9 Å². The topological polar surface area (TPSA) is 52.8 Å². The number of aromatic nitrogens is 4. The van der Waals surface area contributed by atoms with Crippen LogP contribution in [0.2, 0.25) is 5.02 Å². The molecule has 126 valence electrons. The Bertz CT molecular complexity index is 867. The van der Waals surface area contributed by atoms with E-state index in [0.29, 0.717) is 19.0 Å². The molecule has 0 fully saturated rings. The highest BCUT2D eigenvalue weighted by Gasteiger charge is 2.22. The third-order valence-electron chi connectivity index (χ3n) is 3.69. The lowest BCUT2D eigenvalue weighted by Crippen LogP contribution is -2.17. The van der Waals surface area contributed by atoms with Gasteiger partial charge in [0.25, 0.3) is 0 Å². The van der Waals surface area contributed by atoms with Gasteiger partial charge in [-0.15, -0.1) is 0 Å². The van der Waals surface area contributed by atoms with Gasteiger partial charge in [-0.3, -0.25) is 0 Å². The maximum Gasteiger partial charge on any atom is 0.228 e. The Kier molecular flexibility index (Phi) is 4.45. The number of nitrogens with zero attached hydrogens (tertiary/aromatic N) is 4. The van der Waals surface area contributed by atoms with Gasteiger partial charge in [-0.2, -0.15) is 10.1 Å². The van der Waals surface area contributed by atoms with Crippen molar-refractivity contribution in [1.82, 2.24) is 19.7 Å². The predicted molar refractivity (Wildman–Crippen MR) is 95.7 cm³/mol. The second-order valence-electron chi connectivity index (χ2n) is 6.67. The fraction of sp³-hybridized carbons (Fsp3) is 0.389. The van der Waals surface area contributed by atoms with Crippen LogP contribution in [0.3, 0.4) is 0 Å². The van der Waals surface area contributed by atoms with Crippen molar-refractivity contribution in [3.05, 3.63) is 46.9 Å². The van der Waals surface area contributed by atoms with Crippen molar-refractivity contribution in [3.8, 4) is 5.88 Å². The molecule has 3 rings (SSSR count). The molecule has 0 amide bonds. The van der Waals surface area contributed by atoms with Crippen LogP contribution >= 0.6 is 11.6 Å². The highest BCUT2D eigenvalue weighted by molar-refractivity contribution is 6.31. The summed E-state index contributed by atoms with van der Waals surface area (Å²) in [6.45, 7) is 9.29. The first-order valence-electron chi connectivity index (χ1n) is 8.00. The first kappa shape index (κ1) is 16.7. The number of fused-ring (bicyclic) bond motifs is 1. The van der Waals surface area contributed by atoms with Gasteiger partial charge in [0.05, 0.1) is 19.3 Å². The quantitative estimate of drug-likeness (QED) is 0.711. The van der Waals surface area contributed by atoms with Crippen LogP contribution in [0.4, 0.5) is 0 Å². The van der Waals surface area contributed by atoms with E-state index in [1.165, 1.54) is 0 Å². The van der Waals surface area contributed by atoms with Gasteiger partial charge in [0.1, 0.15) is 11.2 Å². The van der Waals surface area contributed by atoms with Crippen LogP contribution in [0.25, 0.3) is 11.0 Å². The third-order valence-corrected chi connectivity index (χ3v) is 4.06. The largest absolute Gasteiger partial charge is 0.477 e. The van der Waals surface area contributed by atoms with Gasteiger partial charge in [-0.25, -0.2) is 9.67 Å². The minimum Gasteiger partial charge on any atom is -0.477 e. The van der Waals surface area contributed by atoms with E-state index < -0.39 is 0 Å². The average Bonchev–Trinajstić information content (AvgIpc) is 2.92. The van der Waals surface area contributed by atoms with Crippen LogP contribution < -0.4 is 4.74 Å². The summed E-state index contributed by atoms with van der Waals surface area (Å²) < 4.78 is 7.55. The Morgan fingerprint density at radius 1 is 1.17 bits per heavy atom. The second kappa shape index (κ2) is 6.40. The lowest BCUT2D eigenvalue weighted by molar-refractivity contribution is 0.327. The van der Waals surface area contributed by atoms with E-state index >= 15 is 0 Å². The van der Waals surface area contributed by atoms with E-state index in [1.54, 1.807) is 6.20 Å². The Morgan fingerprint density at radius 2 is 1.92 bits per heavy atom. The molecule has 24 heavy (non-hydrogen) atoms. The van der Waals surface area contributed by atoms with E-state index in [2.05, 4.69) is 30.9 Å². The minimum atomic E-state index is -0.181. The predicted octanol–water partition coefficient (Wildman–Crippen LogP) is 4.22. The molecule has 0 unspecified atom stereocenters. The Labute approximate surface area is 146 Å². The van der Waals surface area contributed by atoms with Crippen molar-refractivity contribution in [3.63, 3.8) is 0 Å². The molecule has 2 aromatic heterocycles. The zero-order chi connectivity index (χ0) is 17.3. The van der Waals surface area contributed by atoms with Gasteiger partial charge < -0.3 is 4.74 Å². The molecule has 0 atom stereocenters. The number of hydrogen-bond donors (Lipinski definition) is 0. The fourth-order valence-electron chi connectivity index (χ4n) is 2.42. The van der Waals surface area contributed by atoms with Gasteiger partial charge in [0.2, 0.25) is 5.88 Å². The summed E-state index contributed by atoms with van der Waals surface area (Å²) in [6, 6.07) is 7.75. The molecule has 1 aromatic carbocycles. The average molecular weight is 345 g/mol. The molecule has 0 bridgehead atoms. The molecule has 0 saturated carbocycles. The summed E-state index contributed by atoms with van der Waals surface area (Å²) in [5, 5.41) is 6.01. The molecule has 0 radical (unpaired) electrons. The molecular weight excluding hydrogens is 324 g/mol. The molecule has 0 aliphatic heterocycles. The van der Waals surface area contributed by atoms with Crippen LogP contribution in [0.15, 0.2) is 30.5 Å². The van der Waals surface area contributed by atoms with Crippen molar-refractivity contribution in [1.29, 1.82) is 0 Å². The van der Waals surface area contributed by atoms with Crippen LogP contribution in [0, 0.1) is 0 Å². The van der Waals surface area contributed by atoms with Gasteiger partial charge in [-0.05, 0) is 18.6 Å². The fourth-order valence-corrected chi connectivity index (χ4v) is 2.61. The standard InChI is InChI=1S/C18H21ClN4O/c1-5-24-16-13-10-20-23(11-12-8-6-7-9-14(12)19)15(13)21-17(22-16)18(2,3)4/h6-10H,5,11H2,1-4H3. The van der Waals surface area contributed by atoms with Gasteiger partial charge in [0, 0.05) is 10.4 Å². The van der Waals surface area contributed by atoms with E-state index in [0.717, 1.165) is 27.4 Å². The Balaban J connectivity index is 2.13. The molecule has 3 aromatic rings. The Hall–Kier alpha value is -2.14. The van der Waals surface area contributed by atoms with Gasteiger partial charge >= 0.3 is 0 Å². The summed E-state index contributed by atoms with van der Waals surface area (Å²) in [7, 11) is 0. The highest BCUT2D eigenvalue weighted by atomic mass is 35.5. The number of halogens is 1. The lowest BCUT2D eigenvalue weighted by Gasteiger charge is -2.18. The van der Waals surface area contributed by atoms with Crippen molar-refractivity contribution >= 4 is 22.6 Å². The molecule has 0 spiro atoms. The smallest absolute Gasteiger partial charge is 0.228 e. The summed E-state index contributed by atoms with van der Waals surface area (Å²) in [5.41, 5.74) is 1.58. The highest BCUT2D eigenvalue weighted by Crippen LogP contribution is 2.28. The van der Waals surface area contributed by atoms with E-state index in [9.17, 15) is 0 Å². The van der Waals surface area contributed by atoms with Crippen molar-refractivity contribution in [2.75, 3.05) is 6.61 Å². The first-order chi connectivity index (χ1) is 11.4. The summed E-state index contributed by atoms with van der Waals surface area (Å²) in [4.78, 5) is 9.33. The molecule has 0 aliphatic carbocycles. The third kappa shape index (κ3) is 3.22. The van der Waals surface area contributed by atoms with Crippen LogP contribution in [0.1, 0.15) is 39.1 Å². The number of hydrogen-bond acceptors (Lipinski definition) is 4. The molecule has 2 heterocycles. The maximum atomic E-state index is 6.28. The van der Waals surface area contributed by atoms with Crippen molar-refractivity contribution < 1.29 is 4.74 Å². The van der Waals surface area contributed by atoms with Crippen LogP contribution in [-0.4, -0.2) is 26.4 Å². The summed E-state index contributed by atoms with van der Waals surface area (Å²) >= 11 is 6.28. The van der Waals surface area contributed by atoms with E-state index in [4.69, 9.17) is 21.3 Å². The molecule has 6 heteroatoms. The Morgan fingerprint density at radius 3 is 2.58 bits per heavy atom. The summed E-state index contributed by atoms with van der Waals surface area (Å²) in [5.74, 6) is 1.32. The molecular formula is C18H21ClN4O. The van der Waals surface area contributed by atoms with Crippen LogP contribution in [0.5, 0.6) is 5.88 Å². The zero-order valence-electron chi connectivity index (χ0n) is 14.4. The lowest BCUT2D eigenvalue weighted by atomic mass is 9.96. The molecule has 0 saturated heterocycles. The van der Waals surface area contributed by atoms with Gasteiger partial charge in [-0.1, -0.05) is 50.6 Å². The number of rotatable bonds is 4. The van der Waals surface area contributed by atoms with E-state index in [-0.39, 0.29) is 5.41 Å². The van der Waals surface area contributed by atoms with Crippen LogP contribution in [-0.2, 0) is 12.0 Å². The monoisotopic (exact) mass is 344 g/mol. The van der Waals surface area contributed by atoms with Crippen molar-refractivity contribution in [2.24, 2.45) is 0 Å². The van der Waals surface area contributed by atoms with Crippen molar-refractivity contribution in [2.45, 2.75) is 39.7 Å². The minimum absolute atomic E-state index is 0.181. The molecule has 0 aliphatic rings. The summed E-state index contributed by atoms with van der Waals surface area (Å²) in [6.07, 6.45) is 1.75. The SMILES string of the molecule is CCOc1nc(C(C)(C)C)nc2c1cnn2Cc1ccccc1Cl. The number of ether oxygens (including phenoxy) is 1. The second-order valence-corrected chi connectivity index (χ2v) is 7.07. The normalized spacial score (nSPS) is 11.9. The molecule has 5 nitrogen and oxygen atoms in total. The molecule has 0 N–H and O–H groups in total.